The Balaban J connectivity index is 1.93. The lowest BCUT2D eigenvalue weighted by molar-refractivity contribution is -0.116. The topological polar surface area (TPSA) is 61.7 Å². The number of aliphatic imine (C=N–C) groups is 1. The zero-order valence-corrected chi connectivity index (χ0v) is 16.1. The van der Waals surface area contributed by atoms with Crippen LogP contribution in [0, 0.1) is 0 Å². The molecule has 1 aromatic heterocycles. The van der Waals surface area contributed by atoms with Crippen molar-refractivity contribution in [2.24, 2.45) is 12.0 Å². The number of hydrogen-bond acceptors (Lipinski definition) is 2. The van der Waals surface area contributed by atoms with E-state index in [0.717, 1.165) is 30.2 Å². The molecule has 0 unspecified atom stereocenters. The molecule has 1 aromatic carbocycles. The van der Waals surface area contributed by atoms with Crippen LogP contribution in [0.2, 0.25) is 0 Å². The van der Waals surface area contributed by atoms with E-state index in [1.807, 2.05) is 57.5 Å². The Morgan fingerprint density at radius 2 is 2.08 bits per heavy atom. The molecule has 0 saturated carbocycles. The first-order chi connectivity index (χ1) is 12.5. The van der Waals surface area contributed by atoms with Crippen LogP contribution in [-0.4, -0.2) is 35.4 Å². The van der Waals surface area contributed by atoms with Gasteiger partial charge >= 0.3 is 0 Å². The summed E-state index contributed by atoms with van der Waals surface area (Å²) < 4.78 is 2.10. The first-order valence-electron chi connectivity index (χ1n) is 8.94. The van der Waals surface area contributed by atoms with Crippen LogP contribution in [0.3, 0.4) is 0 Å². The molecule has 0 fully saturated rings. The van der Waals surface area contributed by atoms with E-state index in [9.17, 15) is 4.79 Å². The van der Waals surface area contributed by atoms with Crippen LogP contribution >= 0.6 is 0 Å². The van der Waals surface area contributed by atoms with Gasteiger partial charge in [-0.2, -0.15) is 0 Å². The smallest absolute Gasteiger partial charge is 0.224 e. The van der Waals surface area contributed by atoms with Crippen LogP contribution in [0.25, 0.3) is 0 Å². The third kappa shape index (κ3) is 5.65. The monoisotopic (exact) mass is 355 g/mol. The number of hydrogen-bond donors (Lipinski definition) is 2. The molecule has 1 amide bonds. The summed E-state index contributed by atoms with van der Waals surface area (Å²) in [5.41, 5.74) is 3.14. The highest BCUT2D eigenvalue weighted by Crippen LogP contribution is 2.11. The van der Waals surface area contributed by atoms with Gasteiger partial charge in [0.25, 0.3) is 0 Å². The summed E-state index contributed by atoms with van der Waals surface area (Å²) >= 11 is 0. The Bertz CT molecular complexity index is 750. The van der Waals surface area contributed by atoms with Crippen molar-refractivity contribution in [3.05, 3.63) is 53.9 Å². The predicted octanol–water partition coefficient (Wildman–Crippen LogP) is 2.97. The molecule has 2 N–H and O–H groups in total. The third-order valence-corrected chi connectivity index (χ3v) is 4.16. The molecule has 0 saturated heterocycles. The van der Waals surface area contributed by atoms with Crippen LogP contribution in [0.15, 0.2) is 47.6 Å². The number of rotatable bonds is 7. The fourth-order valence-corrected chi connectivity index (χ4v) is 2.75. The van der Waals surface area contributed by atoms with Gasteiger partial charge in [-0.1, -0.05) is 19.1 Å². The number of amides is 1. The molecule has 6 nitrogen and oxygen atoms in total. The maximum Gasteiger partial charge on any atom is 0.224 e. The number of nitrogens with zero attached hydrogens (tertiary/aromatic N) is 3. The van der Waals surface area contributed by atoms with E-state index in [0.29, 0.717) is 13.0 Å². The number of nitrogens with one attached hydrogen (secondary N) is 2. The number of guanidine groups is 1. The molecule has 6 heteroatoms. The van der Waals surface area contributed by atoms with Crippen molar-refractivity contribution in [2.45, 2.75) is 32.9 Å². The molecule has 0 spiro atoms. The molecule has 0 radical (unpaired) electrons. The highest BCUT2D eigenvalue weighted by Gasteiger charge is 2.08. The molecular weight excluding hydrogens is 326 g/mol. The Morgan fingerprint density at radius 3 is 2.73 bits per heavy atom. The van der Waals surface area contributed by atoms with Gasteiger partial charge in [0.15, 0.2) is 5.96 Å². The molecule has 140 valence electrons. The minimum atomic E-state index is 0.0516. The molecule has 2 rings (SSSR count). The van der Waals surface area contributed by atoms with Crippen molar-refractivity contribution < 1.29 is 4.79 Å². The molecule has 2 aromatic rings. The third-order valence-electron chi connectivity index (χ3n) is 4.16. The van der Waals surface area contributed by atoms with Crippen LogP contribution < -0.4 is 10.6 Å². The normalized spacial score (nSPS) is 11.3. The van der Waals surface area contributed by atoms with E-state index in [1.165, 1.54) is 5.69 Å². The second-order valence-electron chi connectivity index (χ2n) is 6.37. The largest absolute Gasteiger partial charge is 0.353 e. The van der Waals surface area contributed by atoms with Crippen molar-refractivity contribution in [3.63, 3.8) is 0 Å². The molecule has 0 atom stereocenters. The number of carbonyl (C=O) groups excluding carboxylic acids is 1. The van der Waals surface area contributed by atoms with Crippen molar-refractivity contribution in [2.75, 3.05) is 19.4 Å². The first kappa shape index (κ1) is 19.6. The fourth-order valence-electron chi connectivity index (χ4n) is 2.75. The minimum Gasteiger partial charge on any atom is -0.353 e. The molecular formula is C20H29N5O. The van der Waals surface area contributed by atoms with Crippen LogP contribution in [0.1, 0.15) is 31.0 Å². The number of carbonyl (C=O) groups is 1. The van der Waals surface area contributed by atoms with E-state index in [-0.39, 0.29) is 5.91 Å². The predicted molar refractivity (Wildman–Crippen MR) is 107 cm³/mol. The van der Waals surface area contributed by atoms with Crippen molar-refractivity contribution in [3.8, 4) is 0 Å². The molecule has 0 aliphatic heterocycles. The SMILES string of the molecule is CCCC(=O)Nc1cccc(CNC(=NC)N(C)Cc2cccn2C)c1. The Hall–Kier alpha value is -2.76. The van der Waals surface area contributed by atoms with E-state index < -0.39 is 0 Å². The van der Waals surface area contributed by atoms with Crippen LogP contribution in [-0.2, 0) is 24.9 Å². The highest BCUT2D eigenvalue weighted by molar-refractivity contribution is 5.90. The zero-order valence-electron chi connectivity index (χ0n) is 16.1. The van der Waals surface area contributed by atoms with E-state index in [4.69, 9.17) is 0 Å². The lowest BCUT2D eigenvalue weighted by atomic mass is 10.2. The van der Waals surface area contributed by atoms with Crippen LogP contribution in [0.4, 0.5) is 5.69 Å². The summed E-state index contributed by atoms with van der Waals surface area (Å²) in [5.74, 6) is 0.877. The second-order valence-corrected chi connectivity index (χ2v) is 6.37. The number of aromatic nitrogens is 1. The van der Waals surface area contributed by atoms with E-state index in [1.54, 1.807) is 7.05 Å². The van der Waals surface area contributed by atoms with Crippen molar-refractivity contribution in [1.29, 1.82) is 0 Å². The standard InChI is InChI=1S/C20H29N5O/c1-5-8-19(26)23-17-10-6-9-16(13-17)14-22-20(21-2)25(4)15-18-11-7-12-24(18)3/h6-7,9-13H,5,8,14-15H2,1-4H3,(H,21,22)(H,23,26). The summed E-state index contributed by atoms with van der Waals surface area (Å²) in [4.78, 5) is 18.2. The second kappa shape index (κ2) is 9.65. The Labute approximate surface area is 155 Å². The average molecular weight is 355 g/mol. The van der Waals surface area contributed by atoms with Crippen molar-refractivity contribution >= 4 is 17.6 Å². The highest BCUT2D eigenvalue weighted by atomic mass is 16.1. The molecule has 26 heavy (non-hydrogen) atoms. The summed E-state index contributed by atoms with van der Waals surface area (Å²) in [6.45, 7) is 3.41. The number of anilines is 1. The molecule has 1 heterocycles. The number of benzene rings is 1. The van der Waals surface area contributed by atoms with Crippen molar-refractivity contribution in [1.82, 2.24) is 14.8 Å². The Morgan fingerprint density at radius 1 is 1.27 bits per heavy atom. The summed E-state index contributed by atoms with van der Waals surface area (Å²) in [7, 11) is 5.84. The first-order valence-corrected chi connectivity index (χ1v) is 8.94. The molecule has 0 bridgehead atoms. The quantitative estimate of drug-likeness (QED) is 0.593. The molecule has 0 aliphatic rings. The average Bonchev–Trinajstić information content (AvgIpc) is 3.01. The van der Waals surface area contributed by atoms with Gasteiger partial charge in [-0.05, 0) is 36.2 Å². The van der Waals surface area contributed by atoms with Gasteiger partial charge in [-0.25, -0.2) is 0 Å². The van der Waals surface area contributed by atoms with Gasteiger partial charge in [0.05, 0.1) is 6.54 Å². The summed E-state index contributed by atoms with van der Waals surface area (Å²) in [6, 6.07) is 12.0. The fraction of sp³-hybridized carbons (Fsp3) is 0.400. The van der Waals surface area contributed by atoms with E-state index in [2.05, 4.69) is 31.2 Å². The minimum absolute atomic E-state index is 0.0516. The maximum atomic E-state index is 11.7. The Kier molecular flexibility index (Phi) is 7.26. The summed E-state index contributed by atoms with van der Waals surface area (Å²) in [5, 5.41) is 6.31. The number of aryl methyl sites for hydroxylation is 1. The van der Waals surface area contributed by atoms with Gasteiger partial charge < -0.3 is 20.1 Å². The van der Waals surface area contributed by atoms with E-state index >= 15 is 0 Å². The molecule has 0 aliphatic carbocycles. The summed E-state index contributed by atoms with van der Waals surface area (Å²) in [6.07, 6.45) is 3.42. The zero-order chi connectivity index (χ0) is 18.9. The van der Waals surface area contributed by atoms with Gasteiger partial charge in [-0.3, -0.25) is 9.79 Å². The van der Waals surface area contributed by atoms with Gasteiger partial charge in [-0.15, -0.1) is 0 Å². The maximum absolute atomic E-state index is 11.7. The van der Waals surface area contributed by atoms with Gasteiger partial charge in [0.2, 0.25) is 5.91 Å². The van der Waals surface area contributed by atoms with Crippen LogP contribution in [0.5, 0.6) is 0 Å². The lowest BCUT2D eigenvalue weighted by Gasteiger charge is -2.22. The van der Waals surface area contributed by atoms with Gasteiger partial charge in [0, 0.05) is 51.7 Å². The lowest BCUT2D eigenvalue weighted by Crippen LogP contribution is -2.38. The van der Waals surface area contributed by atoms with Gasteiger partial charge in [0.1, 0.15) is 0 Å².